The summed E-state index contributed by atoms with van der Waals surface area (Å²) in [6, 6.07) is 0. The van der Waals surface area contributed by atoms with Crippen LogP contribution in [-0.4, -0.2) is 27.0 Å². The molecule has 0 aromatic rings. The zero-order valence-electron chi connectivity index (χ0n) is 11.0. The molecule has 0 aromatic heterocycles. The number of hydrogen-bond donors (Lipinski definition) is 1. The average molecular weight is 316 g/mol. The lowest BCUT2D eigenvalue weighted by Gasteiger charge is -2.23. The van der Waals surface area contributed by atoms with E-state index in [0.29, 0.717) is 29.2 Å². The third-order valence-corrected chi connectivity index (χ3v) is 4.66. The molecule has 0 radical (unpaired) electrons. The van der Waals surface area contributed by atoms with Crippen LogP contribution < -0.4 is 5.73 Å². The van der Waals surface area contributed by atoms with E-state index in [1.807, 2.05) is 0 Å². The average Bonchev–Trinajstić information content (AvgIpc) is 2.70. The van der Waals surface area contributed by atoms with Crippen LogP contribution in [0.1, 0.15) is 19.8 Å². The van der Waals surface area contributed by atoms with Gasteiger partial charge in [-0.2, -0.15) is 0 Å². The molecule has 0 saturated carbocycles. The van der Waals surface area contributed by atoms with Crippen molar-refractivity contribution in [1.82, 2.24) is 0 Å². The minimum atomic E-state index is -1.23. The topological polar surface area (TPSA) is 67.8 Å². The number of nitrogens with two attached hydrogens (primary N) is 1. The molecule has 7 heteroatoms. The highest BCUT2D eigenvalue weighted by Crippen LogP contribution is 2.29. The first-order valence-electron chi connectivity index (χ1n) is 6.10. The smallest absolute Gasteiger partial charge is 0.137 e. The fourth-order valence-corrected chi connectivity index (χ4v) is 3.60. The zero-order chi connectivity index (χ0) is 14.8. The predicted molar refractivity (Wildman–Crippen MR) is 82.0 cm³/mol. The van der Waals surface area contributed by atoms with Crippen molar-refractivity contribution in [3.05, 3.63) is 34.7 Å². The number of amidine groups is 1. The second kappa shape index (κ2) is 6.01. The molecular formula is C13H15ClFN3OS. The first kappa shape index (κ1) is 15.1. The van der Waals surface area contributed by atoms with E-state index in [-0.39, 0.29) is 11.7 Å². The van der Waals surface area contributed by atoms with E-state index in [4.69, 9.17) is 17.3 Å². The highest BCUT2D eigenvalue weighted by atomic mass is 35.5. The van der Waals surface area contributed by atoms with E-state index in [2.05, 4.69) is 9.98 Å². The summed E-state index contributed by atoms with van der Waals surface area (Å²) in [5.41, 5.74) is 6.90. The molecule has 1 aliphatic heterocycles. The maximum Gasteiger partial charge on any atom is 0.137 e. The van der Waals surface area contributed by atoms with Crippen molar-refractivity contribution in [2.75, 3.05) is 5.75 Å². The third-order valence-electron chi connectivity index (χ3n) is 3.08. The minimum Gasteiger partial charge on any atom is -0.383 e. The van der Waals surface area contributed by atoms with Gasteiger partial charge in [-0.25, -0.2) is 9.38 Å². The van der Waals surface area contributed by atoms with Crippen LogP contribution in [-0.2, 0) is 10.8 Å². The summed E-state index contributed by atoms with van der Waals surface area (Å²) in [7, 11) is -1.23. The molecule has 0 bridgehead atoms. The summed E-state index contributed by atoms with van der Waals surface area (Å²) >= 11 is 5.46. The summed E-state index contributed by atoms with van der Waals surface area (Å²) in [6.07, 6.45) is 5.58. The van der Waals surface area contributed by atoms with Crippen molar-refractivity contribution in [3.63, 3.8) is 0 Å². The molecule has 2 aliphatic rings. The van der Waals surface area contributed by atoms with Gasteiger partial charge in [-0.05, 0) is 25.5 Å². The van der Waals surface area contributed by atoms with Gasteiger partial charge < -0.3 is 5.73 Å². The first-order valence-corrected chi connectivity index (χ1v) is 7.85. The van der Waals surface area contributed by atoms with Gasteiger partial charge in [0.1, 0.15) is 16.6 Å². The normalized spacial score (nSPS) is 31.2. The molecule has 0 spiro atoms. The van der Waals surface area contributed by atoms with Crippen LogP contribution >= 0.6 is 11.6 Å². The number of halogens is 2. The Morgan fingerprint density at radius 2 is 2.40 bits per heavy atom. The lowest BCUT2D eigenvalue weighted by molar-refractivity contribution is 0.550. The van der Waals surface area contributed by atoms with Gasteiger partial charge in [-0.1, -0.05) is 17.7 Å². The molecule has 4 nitrogen and oxygen atoms in total. The van der Waals surface area contributed by atoms with E-state index < -0.39 is 16.3 Å². The van der Waals surface area contributed by atoms with Gasteiger partial charge in [-0.3, -0.25) is 9.20 Å². The van der Waals surface area contributed by atoms with Gasteiger partial charge in [0.25, 0.3) is 0 Å². The van der Waals surface area contributed by atoms with E-state index in [1.165, 1.54) is 12.2 Å². The van der Waals surface area contributed by atoms with Crippen molar-refractivity contribution >= 4 is 33.9 Å². The SMILES string of the molecule is C[C@]1(N=C(N)C2=C(N=CCl)CCS2=O)C=C(F)C=CC1. The first-order chi connectivity index (χ1) is 9.45. The fourth-order valence-electron chi connectivity index (χ4n) is 2.20. The molecular weight excluding hydrogens is 301 g/mol. The Morgan fingerprint density at radius 3 is 3.05 bits per heavy atom. The van der Waals surface area contributed by atoms with Crippen LogP contribution in [0.4, 0.5) is 4.39 Å². The summed E-state index contributed by atoms with van der Waals surface area (Å²) < 4.78 is 25.3. The standard InChI is InChI=1S/C13H15ClFN3OS/c1-13(5-2-3-9(15)7-13)18-12(16)11-10(17-8-14)4-6-20(11)19/h2-3,7-8H,4-6H2,1H3,(H2,16,18)/t13-,20?/m1/s1. The molecule has 0 aromatic carbocycles. The molecule has 108 valence electrons. The van der Waals surface area contributed by atoms with Crippen LogP contribution in [0, 0.1) is 0 Å². The highest BCUT2D eigenvalue weighted by Gasteiger charge is 2.28. The van der Waals surface area contributed by atoms with Crippen molar-refractivity contribution in [2.45, 2.75) is 25.3 Å². The lowest BCUT2D eigenvalue weighted by atomic mass is 9.94. The number of allylic oxidation sites excluding steroid dienone is 3. The summed E-state index contributed by atoms with van der Waals surface area (Å²) in [6.45, 7) is 1.77. The predicted octanol–water partition coefficient (Wildman–Crippen LogP) is 2.55. The quantitative estimate of drug-likeness (QED) is 0.642. The van der Waals surface area contributed by atoms with Crippen LogP contribution in [0.15, 0.2) is 44.6 Å². The summed E-state index contributed by atoms with van der Waals surface area (Å²) in [5.74, 6) is 0.242. The highest BCUT2D eigenvalue weighted by molar-refractivity contribution is 7.90. The van der Waals surface area contributed by atoms with Gasteiger partial charge in [0.2, 0.25) is 0 Å². The Morgan fingerprint density at radius 1 is 1.65 bits per heavy atom. The van der Waals surface area contributed by atoms with E-state index >= 15 is 0 Å². The van der Waals surface area contributed by atoms with Gasteiger partial charge in [0, 0.05) is 12.2 Å². The molecule has 2 rings (SSSR count). The van der Waals surface area contributed by atoms with Crippen LogP contribution in [0.3, 0.4) is 0 Å². The Bertz CT molecular complexity index is 594. The number of nitrogens with zero attached hydrogens (tertiary/aromatic N) is 2. The van der Waals surface area contributed by atoms with Gasteiger partial charge in [0.05, 0.1) is 27.7 Å². The van der Waals surface area contributed by atoms with Gasteiger partial charge in [-0.15, -0.1) is 0 Å². The molecule has 0 fully saturated rings. The van der Waals surface area contributed by atoms with Gasteiger partial charge >= 0.3 is 0 Å². The molecule has 0 amide bonds. The second-order valence-corrected chi connectivity index (χ2v) is 6.49. The van der Waals surface area contributed by atoms with E-state index in [1.54, 1.807) is 13.0 Å². The maximum absolute atomic E-state index is 13.3. The maximum atomic E-state index is 13.3. The molecule has 2 N–H and O–H groups in total. The number of aliphatic imine (C=N–C) groups is 2. The molecule has 1 unspecified atom stereocenters. The minimum absolute atomic E-state index is 0.139. The fraction of sp³-hybridized carbons (Fsp3) is 0.385. The van der Waals surface area contributed by atoms with Crippen LogP contribution in [0.5, 0.6) is 0 Å². The zero-order valence-corrected chi connectivity index (χ0v) is 12.5. The molecule has 20 heavy (non-hydrogen) atoms. The lowest BCUT2D eigenvalue weighted by Crippen LogP contribution is -2.27. The summed E-state index contributed by atoms with van der Waals surface area (Å²) in [4.78, 5) is 8.72. The third kappa shape index (κ3) is 3.24. The summed E-state index contributed by atoms with van der Waals surface area (Å²) in [5, 5.41) is 0. The Hall–Kier alpha value is -1.27. The van der Waals surface area contributed by atoms with Crippen LogP contribution in [0.25, 0.3) is 0 Å². The van der Waals surface area contributed by atoms with Crippen molar-refractivity contribution in [3.8, 4) is 0 Å². The molecule has 1 heterocycles. The largest absolute Gasteiger partial charge is 0.383 e. The Kier molecular flexibility index (Phi) is 4.55. The Labute approximate surface area is 124 Å². The van der Waals surface area contributed by atoms with Crippen molar-refractivity contribution in [1.29, 1.82) is 0 Å². The molecule has 0 saturated heterocycles. The molecule has 1 aliphatic carbocycles. The van der Waals surface area contributed by atoms with Gasteiger partial charge in [0.15, 0.2) is 0 Å². The Balaban J connectivity index is 2.37. The van der Waals surface area contributed by atoms with Crippen LogP contribution in [0.2, 0.25) is 0 Å². The number of rotatable bonds is 3. The monoisotopic (exact) mass is 315 g/mol. The molecule has 2 atom stereocenters. The van der Waals surface area contributed by atoms with E-state index in [0.717, 1.165) is 5.67 Å². The van der Waals surface area contributed by atoms with E-state index in [9.17, 15) is 8.60 Å². The van der Waals surface area contributed by atoms with Crippen molar-refractivity contribution < 1.29 is 8.60 Å². The van der Waals surface area contributed by atoms with Crippen molar-refractivity contribution in [2.24, 2.45) is 15.7 Å². The second-order valence-electron chi connectivity index (χ2n) is 4.79. The number of hydrogen-bond acceptors (Lipinski definition) is 3.